The molecule has 7 heteroatoms. The van der Waals surface area contributed by atoms with Crippen LogP contribution < -0.4 is 4.90 Å². The highest BCUT2D eigenvalue weighted by atomic mass is 16.5. The molecule has 1 aliphatic rings. The molecular formula is C17H23N5O2. The van der Waals surface area contributed by atoms with Crippen LogP contribution in [0.3, 0.4) is 0 Å². The van der Waals surface area contributed by atoms with Crippen molar-refractivity contribution < 1.29 is 9.53 Å². The third-order valence-corrected chi connectivity index (χ3v) is 4.18. The fourth-order valence-corrected chi connectivity index (χ4v) is 2.75. The van der Waals surface area contributed by atoms with Crippen LogP contribution in [-0.4, -0.2) is 58.9 Å². The van der Waals surface area contributed by atoms with Crippen molar-refractivity contribution in [3.63, 3.8) is 0 Å². The molecule has 1 amide bonds. The number of anilines is 1. The van der Waals surface area contributed by atoms with Crippen molar-refractivity contribution in [2.45, 2.75) is 19.5 Å². The summed E-state index contributed by atoms with van der Waals surface area (Å²) in [7, 11) is 1.83. The molecule has 1 aliphatic heterocycles. The van der Waals surface area contributed by atoms with Gasteiger partial charge in [0.05, 0.1) is 19.8 Å². The molecule has 1 aromatic carbocycles. The number of aryl methyl sites for hydroxylation is 1. The van der Waals surface area contributed by atoms with Gasteiger partial charge in [-0.15, -0.1) is 0 Å². The molecule has 1 saturated heterocycles. The first-order valence-corrected chi connectivity index (χ1v) is 8.20. The molecule has 2 heterocycles. The van der Waals surface area contributed by atoms with Gasteiger partial charge in [0.2, 0.25) is 5.91 Å². The number of nitrogens with zero attached hydrogens (tertiary/aromatic N) is 5. The Morgan fingerprint density at radius 3 is 2.67 bits per heavy atom. The molecule has 7 nitrogen and oxygen atoms in total. The SMILES string of the molecule is CN(Cc1ccc(N2CCOCC2)cc1)C(=O)CCn1cncn1. The largest absolute Gasteiger partial charge is 0.378 e. The van der Waals surface area contributed by atoms with Crippen LogP contribution in [0.5, 0.6) is 0 Å². The highest BCUT2D eigenvalue weighted by molar-refractivity contribution is 5.75. The molecule has 0 bridgehead atoms. The van der Waals surface area contributed by atoms with Crippen LogP contribution in [0.2, 0.25) is 0 Å². The van der Waals surface area contributed by atoms with Crippen LogP contribution in [0.15, 0.2) is 36.9 Å². The molecule has 0 atom stereocenters. The highest BCUT2D eigenvalue weighted by Gasteiger charge is 2.12. The summed E-state index contributed by atoms with van der Waals surface area (Å²) in [5, 5.41) is 4.01. The average molecular weight is 329 g/mol. The fourth-order valence-electron chi connectivity index (χ4n) is 2.75. The normalized spacial score (nSPS) is 14.6. The number of amides is 1. The lowest BCUT2D eigenvalue weighted by atomic mass is 10.1. The van der Waals surface area contributed by atoms with Crippen molar-refractivity contribution in [1.29, 1.82) is 0 Å². The van der Waals surface area contributed by atoms with E-state index in [-0.39, 0.29) is 5.91 Å². The topological polar surface area (TPSA) is 63.5 Å². The van der Waals surface area contributed by atoms with Crippen LogP contribution in [0, 0.1) is 0 Å². The Bertz CT molecular complexity index is 636. The zero-order valence-corrected chi connectivity index (χ0v) is 14.0. The van der Waals surface area contributed by atoms with Crippen molar-refractivity contribution in [3.8, 4) is 0 Å². The van der Waals surface area contributed by atoms with Crippen LogP contribution >= 0.6 is 0 Å². The molecule has 0 N–H and O–H groups in total. The van der Waals surface area contributed by atoms with E-state index in [0.717, 1.165) is 31.9 Å². The lowest BCUT2D eigenvalue weighted by molar-refractivity contribution is -0.130. The molecule has 2 aromatic rings. The van der Waals surface area contributed by atoms with E-state index < -0.39 is 0 Å². The Kier molecular flexibility index (Phi) is 5.43. The van der Waals surface area contributed by atoms with E-state index in [1.165, 1.54) is 12.0 Å². The van der Waals surface area contributed by atoms with Gasteiger partial charge in [-0.05, 0) is 17.7 Å². The van der Waals surface area contributed by atoms with Gasteiger partial charge in [-0.25, -0.2) is 4.98 Å². The summed E-state index contributed by atoms with van der Waals surface area (Å²) in [5.41, 5.74) is 2.34. The summed E-state index contributed by atoms with van der Waals surface area (Å²) in [6.45, 7) is 4.59. The summed E-state index contributed by atoms with van der Waals surface area (Å²) in [6, 6.07) is 8.42. The van der Waals surface area contributed by atoms with E-state index in [4.69, 9.17) is 4.74 Å². The van der Waals surface area contributed by atoms with Gasteiger partial charge in [-0.2, -0.15) is 5.10 Å². The predicted molar refractivity (Wildman–Crippen MR) is 90.6 cm³/mol. The number of carbonyl (C=O) groups is 1. The van der Waals surface area contributed by atoms with Gasteiger partial charge in [0.15, 0.2) is 0 Å². The number of aromatic nitrogens is 3. The summed E-state index contributed by atoms with van der Waals surface area (Å²) >= 11 is 0. The molecule has 1 aromatic heterocycles. The maximum absolute atomic E-state index is 12.2. The fraction of sp³-hybridized carbons (Fsp3) is 0.471. The van der Waals surface area contributed by atoms with Crippen LogP contribution in [-0.2, 0) is 22.6 Å². The number of hydrogen-bond acceptors (Lipinski definition) is 5. The molecule has 0 saturated carbocycles. The Morgan fingerprint density at radius 2 is 2.00 bits per heavy atom. The second kappa shape index (κ2) is 7.92. The zero-order valence-electron chi connectivity index (χ0n) is 14.0. The third-order valence-electron chi connectivity index (χ3n) is 4.18. The molecule has 3 rings (SSSR count). The number of morpholine rings is 1. The lowest BCUT2D eigenvalue weighted by Gasteiger charge is -2.29. The lowest BCUT2D eigenvalue weighted by Crippen LogP contribution is -2.36. The van der Waals surface area contributed by atoms with Gasteiger partial charge in [0.25, 0.3) is 0 Å². The number of hydrogen-bond donors (Lipinski definition) is 0. The highest BCUT2D eigenvalue weighted by Crippen LogP contribution is 2.17. The number of benzene rings is 1. The van der Waals surface area contributed by atoms with Gasteiger partial charge >= 0.3 is 0 Å². The monoisotopic (exact) mass is 329 g/mol. The second-order valence-electron chi connectivity index (χ2n) is 5.92. The molecule has 24 heavy (non-hydrogen) atoms. The van der Waals surface area contributed by atoms with Crippen LogP contribution in [0.1, 0.15) is 12.0 Å². The van der Waals surface area contributed by atoms with E-state index in [0.29, 0.717) is 19.5 Å². The Balaban J connectivity index is 1.50. The molecule has 128 valence electrons. The Morgan fingerprint density at radius 1 is 1.25 bits per heavy atom. The van der Waals surface area contributed by atoms with Crippen molar-refractivity contribution in [2.75, 3.05) is 38.3 Å². The number of carbonyl (C=O) groups excluding carboxylic acids is 1. The first-order valence-electron chi connectivity index (χ1n) is 8.20. The van der Waals surface area contributed by atoms with Gasteiger partial charge in [-0.1, -0.05) is 12.1 Å². The Labute approximate surface area is 141 Å². The second-order valence-corrected chi connectivity index (χ2v) is 5.92. The third kappa shape index (κ3) is 4.32. The van der Waals surface area contributed by atoms with E-state index in [1.54, 1.807) is 15.9 Å². The zero-order chi connectivity index (χ0) is 16.8. The summed E-state index contributed by atoms with van der Waals surface area (Å²) in [4.78, 5) is 20.1. The van der Waals surface area contributed by atoms with Crippen molar-refractivity contribution >= 4 is 11.6 Å². The average Bonchev–Trinajstić information content (AvgIpc) is 3.14. The molecule has 0 aliphatic carbocycles. The van der Waals surface area contributed by atoms with E-state index >= 15 is 0 Å². The minimum Gasteiger partial charge on any atom is -0.378 e. The molecule has 0 spiro atoms. The predicted octanol–water partition coefficient (Wildman–Crippen LogP) is 1.16. The van der Waals surface area contributed by atoms with Crippen LogP contribution in [0.25, 0.3) is 0 Å². The minimum atomic E-state index is 0.0998. The summed E-state index contributed by atoms with van der Waals surface area (Å²) < 4.78 is 7.05. The summed E-state index contributed by atoms with van der Waals surface area (Å²) in [6.07, 6.45) is 3.52. The maximum atomic E-state index is 12.2. The smallest absolute Gasteiger partial charge is 0.224 e. The Hall–Kier alpha value is -2.41. The molecule has 0 radical (unpaired) electrons. The van der Waals surface area contributed by atoms with Crippen molar-refractivity contribution in [3.05, 3.63) is 42.5 Å². The maximum Gasteiger partial charge on any atom is 0.224 e. The standard InChI is InChI=1S/C17H23N5O2/c1-20(17(23)6-7-22-14-18-13-19-22)12-15-2-4-16(5-3-15)21-8-10-24-11-9-21/h2-5,13-14H,6-12H2,1H3. The van der Waals surface area contributed by atoms with Crippen molar-refractivity contribution in [1.82, 2.24) is 19.7 Å². The summed E-state index contributed by atoms with van der Waals surface area (Å²) in [5.74, 6) is 0.0998. The van der Waals surface area contributed by atoms with Gasteiger partial charge < -0.3 is 14.5 Å². The van der Waals surface area contributed by atoms with Crippen molar-refractivity contribution in [2.24, 2.45) is 0 Å². The van der Waals surface area contributed by atoms with E-state index in [1.807, 2.05) is 7.05 Å². The molecular weight excluding hydrogens is 306 g/mol. The molecule has 0 unspecified atom stereocenters. The van der Waals surface area contributed by atoms with Gasteiger partial charge in [0, 0.05) is 38.8 Å². The minimum absolute atomic E-state index is 0.0998. The van der Waals surface area contributed by atoms with E-state index in [9.17, 15) is 4.79 Å². The number of ether oxygens (including phenoxy) is 1. The quantitative estimate of drug-likeness (QED) is 0.796. The molecule has 1 fully saturated rings. The van der Waals surface area contributed by atoms with Gasteiger partial charge in [0.1, 0.15) is 12.7 Å². The number of rotatable bonds is 6. The van der Waals surface area contributed by atoms with Gasteiger partial charge in [-0.3, -0.25) is 9.48 Å². The van der Waals surface area contributed by atoms with Crippen LogP contribution in [0.4, 0.5) is 5.69 Å². The van der Waals surface area contributed by atoms with E-state index in [2.05, 4.69) is 39.2 Å². The first kappa shape index (κ1) is 16.4. The first-order chi connectivity index (χ1) is 11.7.